The van der Waals surface area contributed by atoms with Gasteiger partial charge in [-0.05, 0) is 61.4 Å². The van der Waals surface area contributed by atoms with E-state index in [1.807, 2.05) is 6.92 Å². The molecule has 0 radical (unpaired) electrons. The van der Waals surface area contributed by atoms with Crippen molar-refractivity contribution < 1.29 is 32.6 Å². The first-order valence-corrected chi connectivity index (χ1v) is 10.1. The summed E-state index contributed by atoms with van der Waals surface area (Å²) in [5, 5.41) is 10.5. The zero-order valence-electron chi connectivity index (χ0n) is 17.6. The van der Waals surface area contributed by atoms with Crippen molar-refractivity contribution in [2.24, 2.45) is 5.73 Å². The van der Waals surface area contributed by atoms with Crippen molar-refractivity contribution in [2.45, 2.75) is 45.4 Å². The normalized spacial score (nSPS) is 12.7. The number of carbonyl (C=O) groups excluding carboxylic acids is 2. The van der Waals surface area contributed by atoms with Crippen molar-refractivity contribution in [1.82, 2.24) is 4.57 Å². The van der Waals surface area contributed by atoms with E-state index in [0.717, 1.165) is 25.0 Å². The maximum atomic E-state index is 13.3. The molecule has 1 atom stereocenters. The van der Waals surface area contributed by atoms with Crippen molar-refractivity contribution in [2.75, 3.05) is 0 Å². The predicted molar refractivity (Wildman–Crippen MR) is 113 cm³/mol. The first-order valence-electron chi connectivity index (χ1n) is 10.1. The number of hydrogen-bond acceptors (Lipinski definition) is 4. The van der Waals surface area contributed by atoms with Gasteiger partial charge >= 0.3 is 6.36 Å². The number of aromatic hydroxyl groups is 1. The van der Waals surface area contributed by atoms with Crippen molar-refractivity contribution in [3.8, 4) is 11.5 Å². The summed E-state index contributed by atoms with van der Waals surface area (Å²) in [5.74, 6) is -2.17. The number of nitrogens with two attached hydrogens (primary N) is 1. The van der Waals surface area contributed by atoms with Gasteiger partial charge in [0.15, 0.2) is 0 Å². The molecule has 1 amide bonds. The van der Waals surface area contributed by atoms with Gasteiger partial charge < -0.3 is 15.6 Å². The van der Waals surface area contributed by atoms with E-state index in [1.165, 1.54) is 28.8 Å². The first-order chi connectivity index (χ1) is 15.0. The summed E-state index contributed by atoms with van der Waals surface area (Å²) >= 11 is 0. The minimum Gasteiger partial charge on any atom is -0.508 e. The molecule has 1 aromatic heterocycles. The van der Waals surface area contributed by atoms with Crippen LogP contribution >= 0.6 is 0 Å². The van der Waals surface area contributed by atoms with Crippen molar-refractivity contribution in [3.05, 3.63) is 59.3 Å². The lowest BCUT2D eigenvalue weighted by atomic mass is 9.90. The Morgan fingerprint density at radius 3 is 2.38 bits per heavy atom. The molecule has 6 nitrogen and oxygen atoms in total. The van der Waals surface area contributed by atoms with Crippen LogP contribution in [0.3, 0.4) is 0 Å². The largest absolute Gasteiger partial charge is 0.573 e. The van der Waals surface area contributed by atoms with Gasteiger partial charge in [-0.3, -0.25) is 14.2 Å². The summed E-state index contributed by atoms with van der Waals surface area (Å²) in [6.07, 6.45) is -2.76. The Morgan fingerprint density at radius 1 is 1.16 bits per heavy atom. The van der Waals surface area contributed by atoms with Crippen LogP contribution in [0.2, 0.25) is 0 Å². The Bertz CT molecular complexity index is 1150. The molecule has 1 unspecified atom stereocenters. The number of rotatable bonds is 7. The van der Waals surface area contributed by atoms with Crippen LogP contribution in [0.25, 0.3) is 10.9 Å². The molecule has 1 heterocycles. The Kier molecular flexibility index (Phi) is 6.47. The highest BCUT2D eigenvalue weighted by atomic mass is 19.4. The number of phenols is 1. The lowest BCUT2D eigenvalue weighted by Crippen LogP contribution is -2.22. The van der Waals surface area contributed by atoms with E-state index >= 15 is 0 Å². The van der Waals surface area contributed by atoms with Crippen molar-refractivity contribution in [3.63, 3.8) is 0 Å². The molecule has 0 aliphatic carbocycles. The van der Waals surface area contributed by atoms with Gasteiger partial charge in [0.05, 0.1) is 11.4 Å². The second-order valence-electron chi connectivity index (χ2n) is 7.51. The van der Waals surface area contributed by atoms with Gasteiger partial charge in [-0.25, -0.2) is 0 Å². The molecule has 0 aliphatic heterocycles. The zero-order chi connectivity index (χ0) is 23.6. The summed E-state index contributed by atoms with van der Waals surface area (Å²) in [5.41, 5.74) is 7.29. The molecule has 0 saturated heterocycles. The van der Waals surface area contributed by atoms with E-state index in [2.05, 4.69) is 4.74 Å². The molecule has 3 aromatic rings. The molecular weight excluding hydrogens is 425 g/mol. The Labute approximate surface area is 182 Å². The number of halogens is 3. The average Bonchev–Trinajstić information content (AvgIpc) is 2.98. The average molecular weight is 448 g/mol. The summed E-state index contributed by atoms with van der Waals surface area (Å²) < 4.78 is 42.5. The summed E-state index contributed by atoms with van der Waals surface area (Å²) in [6, 6.07) is 9.03. The molecule has 2 aromatic carbocycles. The van der Waals surface area contributed by atoms with Crippen LogP contribution < -0.4 is 10.5 Å². The number of alkyl halides is 3. The van der Waals surface area contributed by atoms with Crippen LogP contribution in [-0.2, 0) is 4.79 Å². The first kappa shape index (κ1) is 23.2. The van der Waals surface area contributed by atoms with Gasteiger partial charge in [0.1, 0.15) is 11.5 Å². The van der Waals surface area contributed by atoms with Crippen LogP contribution in [0, 0.1) is 6.92 Å². The number of ether oxygens (including phenoxy) is 1. The molecule has 170 valence electrons. The van der Waals surface area contributed by atoms with E-state index in [0.29, 0.717) is 28.6 Å². The predicted octanol–water partition coefficient (Wildman–Crippen LogP) is 5.00. The highest BCUT2D eigenvalue weighted by Crippen LogP contribution is 2.37. The fourth-order valence-corrected chi connectivity index (χ4v) is 3.90. The van der Waals surface area contributed by atoms with Gasteiger partial charge in [0.2, 0.25) is 5.91 Å². The Morgan fingerprint density at radius 2 is 1.81 bits per heavy atom. The van der Waals surface area contributed by atoms with Gasteiger partial charge in [0.25, 0.3) is 5.91 Å². The highest BCUT2D eigenvalue weighted by Gasteiger charge is 2.31. The molecule has 3 N–H and O–H groups in total. The van der Waals surface area contributed by atoms with Crippen molar-refractivity contribution in [1.29, 1.82) is 0 Å². The highest BCUT2D eigenvalue weighted by molar-refractivity contribution is 6.05. The van der Waals surface area contributed by atoms with E-state index < -0.39 is 29.8 Å². The summed E-state index contributed by atoms with van der Waals surface area (Å²) in [6.45, 7) is 3.66. The lowest BCUT2D eigenvalue weighted by Gasteiger charge is -2.15. The van der Waals surface area contributed by atoms with Crippen LogP contribution in [0.5, 0.6) is 11.5 Å². The molecule has 9 heteroatoms. The summed E-state index contributed by atoms with van der Waals surface area (Å²) in [4.78, 5) is 25.6. The topological polar surface area (TPSA) is 94.6 Å². The third kappa shape index (κ3) is 4.71. The van der Waals surface area contributed by atoms with E-state index in [-0.39, 0.29) is 11.3 Å². The van der Waals surface area contributed by atoms with Crippen LogP contribution in [0.15, 0.2) is 42.5 Å². The van der Waals surface area contributed by atoms with Gasteiger partial charge in [-0.15, -0.1) is 13.2 Å². The fourth-order valence-electron chi connectivity index (χ4n) is 3.90. The Balaban J connectivity index is 2.11. The molecule has 0 bridgehead atoms. The smallest absolute Gasteiger partial charge is 0.508 e. The van der Waals surface area contributed by atoms with Crippen LogP contribution in [-0.4, -0.2) is 27.9 Å². The maximum absolute atomic E-state index is 13.3. The monoisotopic (exact) mass is 448 g/mol. The fraction of sp³-hybridized carbons (Fsp3) is 0.304. The quantitative estimate of drug-likeness (QED) is 0.532. The number of unbranched alkanes of at least 4 members (excludes halogenated alkanes) is 1. The zero-order valence-corrected chi connectivity index (χ0v) is 17.6. The SMILES string of the molecule is CCCCC(C(N)=O)c1c(C)n(C(=O)c2ccc(OC(F)(F)F)cc2)c2ccc(O)cc12. The minimum absolute atomic E-state index is 0.0317. The number of phenolic OH excluding ortho intramolecular Hbond substituents is 1. The van der Waals surface area contributed by atoms with Gasteiger partial charge in [0, 0.05) is 16.6 Å². The van der Waals surface area contributed by atoms with Crippen LogP contribution in [0.1, 0.15) is 53.7 Å². The molecule has 32 heavy (non-hydrogen) atoms. The number of amides is 1. The maximum Gasteiger partial charge on any atom is 0.573 e. The van der Waals surface area contributed by atoms with E-state index in [9.17, 15) is 27.9 Å². The number of fused-ring (bicyclic) bond motifs is 1. The third-order valence-electron chi connectivity index (χ3n) is 5.31. The van der Waals surface area contributed by atoms with Crippen LogP contribution in [0.4, 0.5) is 13.2 Å². The second-order valence-corrected chi connectivity index (χ2v) is 7.51. The number of benzene rings is 2. The lowest BCUT2D eigenvalue weighted by molar-refractivity contribution is -0.274. The van der Waals surface area contributed by atoms with E-state index in [4.69, 9.17) is 5.73 Å². The van der Waals surface area contributed by atoms with Crippen molar-refractivity contribution >= 4 is 22.7 Å². The molecule has 0 spiro atoms. The number of primary amides is 1. The Hall–Kier alpha value is -3.49. The molecule has 0 aliphatic rings. The van der Waals surface area contributed by atoms with Gasteiger partial charge in [-0.2, -0.15) is 0 Å². The van der Waals surface area contributed by atoms with Gasteiger partial charge in [-0.1, -0.05) is 19.8 Å². The third-order valence-corrected chi connectivity index (χ3v) is 5.31. The molecule has 3 rings (SSSR count). The molecule has 0 saturated carbocycles. The second kappa shape index (κ2) is 8.94. The molecular formula is C23H23F3N2O4. The molecule has 0 fully saturated rings. The van der Waals surface area contributed by atoms with E-state index in [1.54, 1.807) is 13.0 Å². The number of hydrogen-bond donors (Lipinski definition) is 2. The number of aromatic nitrogens is 1. The standard InChI is InChI=1S/C23H23F3N2O4/c1-3-4-5-17(21(27)30)20-13(2)28(19-11-8-15(29)12-18(19)20)22(31)14-6-9-16(10-7-14)32-23(24,25)26/h6-12,17,29H,3-5H2,1-2H3,(H2,27,30). The number of nitrogens with zero attached hydrogens (tertiary/aromatic N) is 1. The minimum atomic E-state index is -4.84. The summed E-state index contributed by atoms with van der Waals surface area (Å²) in [7, 11) is 0. The number of carbonyl (C=O) groups is 2.